The van der Waals surface area contributed by atoms with Gasteiger partial charge in [-0.05, 0) is 24.2 Å². The molecule has 0 aromatic carbocycles. The molecule has 0 spiro atoms. The van der Waals surface area contributed by atoms with Gasteiger partial charge in [0.15, 0.2) is 0 Å². The molecule has 0 heterocycles. The van der Waals surface area contributed by atoms with Crippen molar-refractivity contribution < 1.29 is 0 Å². The molecule has 0 heteroatoms. The Kier molecular flexibility index (Phi) is 10.2. The second-order valence-electron chi connectivity index (χ2n) is 3.84. The van der Waals surface area contributed by atoms with Crippen LogP contribution in [0.5, 0.6) is 0 Å². The lowest BCUT2D eigenvalue weighted by Gasteiger charge is -2.16. The van der Waals surface area contributed by atoms with Gasteiger partial charge < -0.3 is 0 Å². The summed E-state index contributed by atoms with van der Waals surface area (Å²) in [5.74, 6) is 0.975. The molecule has 0 saturated heterocycles. The van der Waals surface area contributed by atoms with Crippen LogP contribution in [0, 0.1) is 11.3 Å². The Bertz CT molecular complexity index is 90.2. The molecule has 0 bridgehead atoms. The van der Waals surface area contributed by atoms with Gasteiger partial charge in [-0.25, -0.2) is 0 Å². The summed E-state index contributed by atoms with van der Waals surface area (Å²) < 4.78 is 0. The van der Waals surface area contributed by atoms with Crippen molar-refractivity contribution in [2.45, 2.75) is 74.1 Å². The lowest BCUT2D eigenvalue weighted by Crippen LogP contribution is -2.07. The molecule has 0 aromatic rings. The molecule has 1 fully saturated rings. The van der Waals surface area contributed by atoms with Gasteiger partial charge in [0.2, 0.25) is 0 Å². The van der Waals surface area contributed by atoms with Gasteiger partial charge >= 0.3 is 0 Å². The van der Waals surface area contributed by atoms with E-state index in [0.29, 0.717) is 0 Å². The summed E-state index contributed by atoms with van der Waals surface area (Å²) >= 11 is 0. The predicted molar refractivity (Wildman–Crippen MR) is 64.1 cm³/mol. The van der Waals surface area contributed by atoms with E-state index in [9.17, 15) is 0 Å². The zero-order chi connectivity index (χ0) is 10.9. The highest BCUT2D eigenvalue weighted by Gasteiger charge is 2.41. The summed E-state index contributed by atoms with van der Waals surface area (Å²) in [7, 11) is 0. The van der Waals surface area contributed by atoms with Crippen molar-refractivity contribution in [1.82, 2.24) is 0 Å². The number of rotatable bonds is 3. The van der Waals surface area contributed by atoms with Gasteiger partial charge in [-0.3, -0.25) is 0 Å². The summed E-state index contributed by atoms with van der Waals surface area (Å²) in [6, 6.07) is 0. The molecule has 1 rings (SSSR count). The van der Waals surface area contributed by atoms with Crippen molar-refractivity contribution in [3.63, 3.8) is 0 Å². The van der Waals surface area contributed by atoms with Gasteiger partial charge in [-0.2, -0.15) is 0 Å². The van der Waals surface area contributed by atoms with E-state index in [1.165, 1.54) is 25.7 Å². The molecule has 1 unspecified atom stereocenters. The minimum Gasteiger partial charge on any atom is -0.0683 e. The molecule has 0 radical (unpaired) electrons. The molecular weight excluding hydrogens is 156 g/mol. The van der Waals surface area contributed by atoms with Crippen LogP contribution >= 0.6 is 0 Å². The third-order valence-corrected chi connectivity index (χ3v) is 2.95. The Balaban J connectivity index is 0. The molecular formula is C13H30. The van der Waals surface area contributed by atoms with Crippen molar-refractivity contribution in [3.05, 3.63) is 0 Å². The third kappa shape index (κ3) is 6.12. The van der Waals surface area contributed by atoms with Crippen LogP contribution in [0.2, 0.25) is 0 Å². The van der Waals surface area contributed by atoms with Crippen LogP contribution in [0.4, 0.5) is 0 Å². The molecule has 0 aromatic heterocycles. The molecule has 0 nitrogen and oxygen atoms in total. The maximum atomic E-state index is 2.42. The zero-order valence-corrected chi connectivity index (χ0v) is 10.9. The molecule has 13 heavy (non-hydrogen) atoms. The summed E-state index contributed by atoms with van der Waals surface area (Å²) in [5.41, 5.74) is 0.760. The second-order valence-corrected chi connectivity index (χ2v) is 3.84. The van der Waals surface area contributed by atoms with Crippen molar-refractivity contribution in [2.75, 3.05) is 0 Å². The Morgan fingerprint density at radius 2 is 1.46 bits per heavy atom. The number of hydrogen-bond acceptors (Lipinski definition) is 0. The Labute approximate surface area is 86.1 Å². The van der Waals surface area contributed by atoms with Crippen LogP contribution in [0.25, 0.3) is 0 Å². The average Bonchev–Trinajstić information content (AvgIpc) is 2.92. The first-order valence-corrected chi connectivity index (χ1v) is 6.19. The largest absolute Gasteiger partial charge is 0.0683 e. The van der Waals surface area contributed by atoms with E-state index in [1.807, 2.05) is 27.7 Å². The molecule has 82 valence electrons. The van der Waals surface area contributed by atoms with Gasteiger partial charge in [0.05, 0.1) is 0 Å². The average molecular weight is 186 g/mol. The molecule has 1 aliphatic rings. The Hall–Kier alpha value is 0. The summed E-state index contributed by atoms with van der Waals surface area (Å²) in [6.07, 6.45) is 5.75. The monoisotopic (exact) mass is 186 g/mol. The lowest BCUT2D eigenvalue weighted by molar-refractivity contribution is 0.339. The predicted octanol–water partition coefficient (Wildman–Crippen LogP) is 5.28. The highest BCUT2D eigenvalue weighted by molar-refractivity contribution is 4.92. The normalized spacial score (nSPS) is 18.7. The quantitative estimate of drug-likeness (QED) is 0.563. The van der Waals surface area contributed by atoms with Crippen molar-refractivity contribution >= 4 is 0 Å². The Morgan fingerprint density at radius 3 is 1.69 bits per heavy atom. The molecule has 1 atom stereocenters. The van der Waals surface area contributed by atoms with Crippen molar-refractivity contribution in [1.29, 1.82) is 0 Å². The van der Waals surface area contributed by atoms with E-state index in [-0.39, 0.29) is 0 Å². The smallest absolute Gasteiger partial charge is 0.0300 e. The Morgan fingerprint density at radius 1 is 1.08 bits per heavy atom. The van der Waals surface area contributed by atoms with Crippen LogP contribution in [0.1, 0.15) is 74.1 Å². The SMILES string of the molecule is CC.CC.CCCC(C)C1(C)CC1. The van der Waals surface area contributed by atoms with Crippen LogP contribution < -0.4 is 0 Å². The standard InChI is InChI=1S/C9H18.2C2H6/c1-4-5-8(2)9(3)6-7-9;2*1-2/h8H,4-7H2,1-3H3;2*1-2H3. The van der Waals surface area contributed by atoms with Gasteiger partial charge in [0, 0.05) is 0 Å². The molecule has 0 N–H and O–H groups in total. The first kappa shape index (κ1) is 15.5. The van der Waals surface area contributed by atoms with Crippen LogP contribution in [-0.4, -0.2) is 0 Å². The maximum absolute atomic E-state index is 2.42. The fraction of sp³-hybridized carbons (Fsp3) is 1.00. The van der Waals surface area contributed by atoms with E-state index in [0.717, 1.165) is 11.3 Å². The van der Waals surface area contributed by atoms with Crippen LogP contribution in [0.15, 0.2) is 0 Å². The highest BCUT2D eigenvalue weighted by atomic mass is 14.5. The van der Waals surface area contributed by atoms with Crippen molar-refractivity contribution in [3.8, 4) is 0 Å². The summed E-state index contributed by atoms with van der Waals surface area (Å²) in [5, 5.41) is 0. The fourth-order valence-corrected chi connectivity index (χ4v) is 1.47. The minimum absolute atomic E-state index is 0.760. The van der Waals surface area contributed by atoms with E-state index >= 15 is 0 Å². The molecule has 0 aliphatic heterocycles. The first-order chi connectivity index (χ1) is 6.19. The fourth-order valence-electron chi connectivity index (χ4n) is 1.47. The highest BCUT2D eigenvalue weighted by Crippen LogP contribution is 2.52. The topological polar surface area (TPSA) is 0 Å². The lowest BCUT2D eigenvalue weighted by atomic mass is 9.89. The zero-order valence-electron chi connectivity index (χ0n) is 10.9. The van der Waals surface area contributed by atoms with E-state index in [4.69, 9.17) is 0 Å². The second kappa shape index (κ2) is 8.59. The molecule has 0 amide bonds. The van der Waals surface area contributed by atoms with Crippen LogP contribution in [0.3, 0.4) is 0 Å². The van der Waals surface area contributed by atoms with Crippen molar-refractivity contribution in [2.24, 2.45) is 11.3 Å². The van der Waals surface area contributed by atoms with Gasteiger partial charge in [0.1, 0.15) is 0 Å². The van der Waals surface area contributed by atoms with Crippen LogP contribution in [-0.2, 0) is 0 Å². The summed E-state index contributed by atoms with van der Waals surface area (Å²) in [4.78, 5) is 0. The van der Waals surface area contributed by atoms with Gasteiger partial charge in [0.25, 0.3) is 0 Å². The number of hydrogen-bond donors (Lipinski definition) is 0. The van der Waals surface area contributed by atoms with E-state index < -0.39 is 0 Å². The maximum Gasteiger partial charge on any atom is -0.0300 e. The minimum atomic E-state index is 0.760. The first-order valence-electron chi connectivity index (χ1n) is 6.19. The molecule has 1 aliphatic carbocycles. The van der Waals surface area contributed by atoms with E-state index in [2.05, 4.69) is 20.8 Å². The van der Waals surface area contributed by atoms with E-state index in [1.54, 1.807) is 0 Å². The molecule has 1 saturated carbocycles. The summed E-state index contributed by atoms with van der Waals surface area (Å²) in [6.45, 7) is 15.1. The van der Waals surface area contributed by atoms with Gasteiger partial charge in [-0.1, -0.05) is 61.3 Å². The third-order valence-electron chi connectivity index (χ3n) is 2.95. The van der Waals surface area contributed by atoms with Gasteiger partial charge in [-0.15, -0.1) is 0 Å².